The lowest BCUT2D eigenvalue weighted by molar-refractivity contribution is -0.159. The number of aliphatic hydroxyl groups is 1. The molecule has 8 nitrogen and oxygen atoms in total. The molecule has 0 aromatic heterocycles. The van der Waals surface area contributed by atoms with Gasteiger partial charge in [0.2, 0.25) is 0 Å². The number of aryl methyl sites for hydroxylation is 1. The third kappa shape index (κ3) is 8.51. The Morgan fingerprint density at radius 1 is 1.09 bits per heavy atom. The van der Waals surface area contributed by atoms with E-state index in [4.69, 9.17) is 4.74 Å². The number of ether oxygens (including phenoxy) is 1. The molecule has 0 spiro atoms. The minimum atomic E-state index is -4.30. The van der Waals surface area contributed by atoms with Gasteiger partial charge in [-0.3, -0.25) is 14.5 Å². The van der Waals surface area contributed by atoms with Crippen LogP contribution in [0, 0.1) is 6.92 Å². The summed E-state index contributed by atoms with van der Waals surface area (Å²) in [6, 6.07) is 9.12. The number of amides is 1. The lowest BCUT2D eigenvalue weighted by atomic mass is 9.83. The largest absolute Gasteiger partial charge is 0.433 e. The summed E-state index contributed by atoms with van der Waals surface area (Å²) in [6.07, 6.45) is -1.92. The molecule has 3 rings (SSSR count). The Morgan fingerprint density at radius 2 is 1.67 bits per heavy atom. The second-order valence-electron chi connectivity index (χ2n) is 12.0. The number of allylic oxidation sites excluding steroid dienone is 1. The minimum Gasteiger partial charge on any atom is -0.433 e. The van der Waals surface area contributed by atoms with E-state index < -0.39 is 32.5 Å². The van der Waals surface area contributed by atoms with E-state index in [1.807, 2.05) is 39.8 Å². The molecule has 1 amide bonds. The van der Waals surface area contributed by atoms with Crippen LogP contribution in [0.5, 0.6) is 5.75 Å². The lowest BCUT2D eigenvalue weighted by Gasteiger charge is -2.23. The van der Waals surface area contributed by atoms with Crippen LogP contribution in [0.3, 0.4) is 0 Å². The molecule has 234 valence electrons. The van der Waals surface area contributed by atoms with E-state index in [-0.39, 0.29) is 42.1 Å². The average Bonchev–Trinajstić information content (AvgIpc) is 3.06. The smallest absolute Gasteiger partial charge is 0.394 e. The standard InChI is InChI=1S/C32H41F2N3O5S/c1-18(2)24-16-23(22-10-11-27(20(5)14-22)42-32(9,33)34)17-25(19(3)4)26(24)15-21(6)37-43(40,41)28-12-13-35-30(31(7,8)39)36-29(28)38/h10-12,14,16-19,37,39H,6,13,15H2,1-5,7-9H3,(H,35,36,38). The number of halogens is 2. The van der Waals surface area contributed by atoms with Crippen molar-refractivity contribution in [2.24, 2.45) is 4.99 Å². The van der Waals surface area contributed by atoms with Gasteiger partial charge < -0.3 is 15.2 Å². The molecule has 2 aromatic carbocycles. The lowest BCUT2D eigenvalue weighted by Crippen LogP contribution is -2.46. The Bertz CT molecular complexity index is 1550. The second kappa shape index (κ2) is 12.6. The summed E-state index contributed by atoms with van der Waals surface area (Å²) < 4.78 is 60.6. The summed E-state index contributed by atoms with van der Waals surface area (Å²) in [5.74, 6) is -0.700. The maximum atomic E-state index is 13.4. The van der Waals surface area contributed by atoms with Gasteiger partial charge >= 0.3 is 6.11 Å². The molecule has 2 aromatic rings. The van der Waals surface area contributed by atoms with Crippen molar-refractivity contribution in [3.8, 4) is 16.9 Å². The van der Waals surface area contributed by atoms with Gasteiger partial charge in [0.15, 0.2) is 4.91 Å². The molecule has 0 unspecified atom stereocenters. The molecule has 0 aliphatic carbocycles. The first-order valence-corrected chi connectivity index (χ1v) is 15.5. The number of hydrogen-bond acceptors (Lipinski definition) is 6. The van der Waals surface area contributed by atoms with Crippen molar-refractivity contribution < 1.29 is 31.8 Å². The first-order valence-electron chi connectivity index (χ1n) is 14.0. The first kappa shape index (κ1) is 33.9. The highest BCUT2D eigenvalue weighted by Crippen LogP contribution is 2.36. The first-order chi connectivity index (χ1) is 19.7. The zero-order chi connectivity index (χ0) is 32.5. The van der Waals surface area contributed by atoms with E-state index in [9.17, 15) is 27.1 Å². The number of aliphatic imine (C=N–C) groups is 1. The number of carbonyl (C=O) groups excluding carboxylic acids is 1. The van der Waals surface area contributed by atoms with Crippen molar-refractivity contribution in [1.29, 1.82) is 0 Å². The summed E-state index contributed by atoms with van der Waals surface area (Å²) in [5, 5.41) is 12.6. The fraction of sp³-hybridized carbons (Fsp3) is 0.438. The molecule has 0 radical (unpaired) electrons. The predicted octanol–water partition coefficient (Wildman–Crippen LogP) is 6.06. The molecule has 43 heavy (non-hydrogen) atoms. The fourth-order valence-corrected chi connectivity index (χ4v) is 6.00. The fourth-order valence-electron chi connectivity index (χ4n) is 4.85. The monoisotopic (exact) mass is 617 g/mol. The van der Waals surface area contributed by atoms with E-state index >= 15 is 0 Å². The highest BCUT2D eigenvalue weighted by Gasteiger charge is 2.32. The number of sulfonamides is 1. The van der Waals surface area contributed by atoms with Crippen LogP contribution in [-0.4, -0.2) is 43.5 Å². The molecule has 0 fully saturated rings. The van der Waals surface area contributed by atoms with Gasteiger partial charge in [-0.05, 0) is 84.2 Å². The van der Waals surface area contributed by atoms with E-state index in [1.165, 1.54) is 26.0 Å². The molecule has 1 aliphatic rings. The van der Waals surface area contributed by atoms with Crippen LogP contribution in [0.15, 0.2) is 58.6 Å². The van der Waals surface area contributed by atoms with Gasteiger partial charge in [-0.15, -0.1) is 0 Å². The third-order valence-corrected chi connectivity index (χ3v) is 8.37. The quantitative estimate of drug-likeness (QED) is 0.284. The number of amidine groups is 1. The van der Waals surface area contributed by atoms with Crippen LogP contribution in [0.4, 0.5) is 8.78 Å². The van der Waals surface area contributed by atoms with Gasteiger partial charge in [0.1, 0.15) is 17.2 Å². The predicted molar refractivity (Wildman–Crippen MR) is 166 cm³/mol. The van der Waals surface area contributed by atoms with E-state index in [0.29, 0.717) is 12.5 Å². The van der Waals surface area contributed by atoms with E-state index in [0.717, 1.165) is 27.8 Å². The number of alkyl halides is 2. The number of carbonyl (C=O) groups is 1. The van der Waals surface area contributed by atoms with E-state index in [2.05, 4.69) is 21.6 Å². The van der Waals surface area contributed by atoms with Crippen LogP contribution in [0.25, 0.3) is 11.1 Å². The summed E-state index contributed by atoms with van der Waals surface area (Å²) >= 11 is 0. The van der Waals surface area contributed by atoms with Crippen LogP contribution in [-0.2, 0) is 21.2 Å². The zero-order valence-electron chi connectivity index (χ0n) is 25.9. The van der Waals surface area contributed by atoms with Crippen LogP contribution in [0.2, 0.25) is 0 Å². The van der Waals surface area contributed by atoms with Gasteiger partial charge in [-0.1, -0.05) is 52.5 Å². The van der Waals surface area contributed by atoms with Crippen molar-refractivity contribution in [2.45, 2.75) is 85.4 Å². The van der Waals surface area contributed by atoms with Crippen LogP contribution in [0.1, 0.15) is 82.6 Å². The molecular weight excluding hydrogens is 576 g/mol. The van der Waals surface area contributed by atoms with Crippen LogP contribution < -0.4 is 14.8 Å². The van der Waals surface area contributed by atoms with Gasteiger partial charge in [0.05, 0.1) is 6.54 Å². The number of rotatable bonds is 11. The van der Waals surface area contributed by atoms with Crippen molar-refractivity contribution >= 4 is 21.8 Å². The highest BCUT2D eigenvalue weighted by atomic mass is 32.2. The number of nitrogens with one attached hydrogen (secondary N) is 2. The number of benzene rings is 2. The van der Waals surface area contributed by atoms with Crippen molar-refractivity contribution in [1.82, 2.24) is 10.0 Å². The maximum absolute atomic E-state index is 13.4. The Hall–Kier alpha value is -3.57. The topological polar surface area (TPSA) is 117 Å². The summed E-state index contributed by atoms with van der Waals surface area (Å²) in [4.78, 5) is 16.3. The molecule has 11 heteroatoms. The van der Waals surface area contributed by atoms with Crippen molar-refractivity contribution in [3.63, 3.8) is 0 Å². The Labute approximate surface area is 253 Å². The summed E-state index contributed by atoms with van der Waals surface area (Å²) in [6.45, 7) is 17.3. The van der Waals surface area contributed by atoms with Gasteiger partial charge in [-0.25, -0.2) is 8.42 Å². The molecule has 0 saturated heterocycles. The molecule has 3 N–H and O–H groups in total. The molecule has 0 atom stereocenters. The normalized spacial score (nSPS) is 14.7. The molecule has 1 heterocycles. The Morgan fingerprint density at radius 3 is 2.16 bits per heavy atom. The average molecular weight is 618 g/mol. The zero-order valence-corrected chi connectivity index (χ0v) is 26.7. The van der Waals surface area contributed by atoms with Crippen molar-refractivity contribution in [3.05, 3.63) is 75.8 Å². The molecule has 0 saturated carbocycles. The second-order valence-corrected chi connectivity index (χ2v) is 13.6. The SMILES string of the molecule is C=C(Cc1c(C(C)C)cc(-c2ccc(OC(C)(F)F)c(C)c2)cc1C(C)C)NS(=O)(=O)C1=CCN=C(C(C)(C)O)NC1=O. The van der Waals surface area contributed by atoms with Gasteiger partial charge in [-0.2, -0.15) is 8.78 Å². The molecular formula is C32H41F2N3O5S. The molecule has 0 bridgehead atoms. The van der Waals surface area contributed by atoms with Crippen molar-refractivity contribution in [2.75, 3.05) is 6.54 Å². The third-order valence-electron chi connectivity index (χ3n) is 6.88. The van der Waals surface area contributed by atoms with E-state index in [1.54, 1.807) is 19.1 Å². The van der Waals surface area contributed by atoms with Gasteiger partial charge in [0, 0.05) is 19.0 Å². The Balaban J connectivity index is 1.93. The maximum Gasteiger partial charge on any atom is 0.394 e. The summed E-state index contributed by atoms with van der Waals surface area (Å²) in [7, 11) is -4.30. The van der Waals surface area contributed by atoms with Crippen LogP contribution >= 0.6 is 0 Å². The highest BCUT2D eigenvalue weighted by molar-refractivity contribution is 7.94. The molecule has 1 aliphatic heterocycles. The Kier molecular flexibility index (Phi) is 9.92. The minimum absolute atomic E-state index is 0.0262. The number of nitrogens with zero attached hydrogens (tertiary/aromatic N) is 1. The van der Waals surface area contributed by atoms with Gasteiger partial charge in [0.25, 0.3) is 15.9 Å². The summed E-state index contributed by atoms with van der Waals surface area (Å²) in [5.41, 5.74) is 3.89. The number of hydrogen-bond donors (Lipinski definition) is 3.